The molecule has 2 N–H and O–H groups in total. The van der Waals surface area contributed by atoms with Crippen molar-refractivity contribution >= 4 is 0 Å². The molecule has 1 aliphatic carbocycles. The maximum absolute atomic E-state index is 6.05. The Bertz CT molecular complexity index is 371. The van der Waals surface area contributed by atoms with E-state index in [1.54, 1.807) is 7.11 Å². The summed E-state index contributed by atoms with van der Waals surface area (Å²) < 4.78 is 5.22. The van der Waals surface area contributed by atoms with Crippen LogP contribution in [0.2, 0.25) is 0 Å². The molecule has 0 radical (unpaired) electrons. The van der Waals surface area contributed by atoms with E-state index in [1.807, 2.05) is 12.1 Å². The lowest BCUT2D eigenvalue weighted by atomic mass is 10.0. The molecule has 1 aliphatic rings. The maximum atomic E-state index is 6.05. The quantitative estimate of drug-likeness (QED) is 0.856. The summed E-state index contributed by atoms with van der Waals surface area (Å²) in [5, 5.41) is 0. The molecule has 0 heterocycles. The molecule has 2 rings (SSSR count). The van der Waals surface area contributed by atoms with E-state index in [-0.39, 0.29) is 0 Å². The van der Waals surface area contributed by atoms with Gasteiger partial charge in [-0.05, 0) is 37.1 Å². The summed E-state index contributed by atoms with van der Waals surface area (Å²) in [7, 11) is 1.70. The summed E-state index contributed by atoms with van der Waals surface area (Å²) in [6.45, 7) is 3.99. The molecule has 0 amide bonds. The molecular formula is C16H26N2O. The first kappa shape index (κ1) is 14.4. The van der Waals surface area contributed by atoms with Crippen LogP contribution in [0.5, 0.6) is 5.75 Å². The smallest absolute Gasteiger partial charge is 0.118 e. The van der Waals surface area contributed by atoms with Crippen LogP contribution in [0.15, 0.2) is 24.3 Å². The number of likely N-dealkylation sites (N-methyl/N-ethyl adjacent to an activating group) is 1. The highest BCUT2D eigenvalue weighted by atomic mass is 16.5. The molecule has 0 spiro atoms. The minimum Gasteiger partial charge on any atom is -0.497 e. The van der Waals surface area contributed by atoms with Crippen LogP contribution in [-0.4, -0.2) is 31.1 Å². The Hall–Kier alpha value is -1.06. The number of hydrogen-bond donors (Lipinski definition) is 1. The summed E-state index contributed by atoms with van der Waals surface area (Å²) in [5.41, 5.74) is 7.35. The fourth-order valence-corrected chi connectivity index (χ4v) is 3.26. The van der Waals surface area contributed by atoms with Gasteiger partial charge in [-0.2, -0.15) is 0 Å². The first-order valence-electron chi connectivity index (χ1n) is 7.40. The number of nitrogens with two attached hydrogens (primary N) is 1. The Balaban J connectivity index is 2.15. The predicted octanol–water partition coefficient (Wildman–Crippen LogP) is 2.96. The van der Waals surface area contributed by atoms with Gasteiger partial charge < -0.3 is 10.5 Å². The molecule has 1 aromatic carbocycles. The average molecular weight is 262 g/mol. The van der Waals surface area contributed by atoms with Crippen LogP contribution in [0.1, 0.15) is 44.2 Å². The Labute approximate surface area is 116 Å². The third-order valence-corrected chi connectivity index (χ3v) is 4.28. The van der Waals surface area contributed by atoms with E-state index in [9.17, 15) is 0 Å². The number of ether oxygens (including phenoxy) is 1. The normalized spacial score (nSPS) is 17.9. The number of nitrogens with zero attached hydrogens (tertiary/aromatic N) is 1. The second-order valence-electron chi connectivity index (χ2n) is 5.29. The molecule has 19 heavy (non-hydrogen) atoms. The molecule has 1 unspecified atom stereocenters. The van der Waals surface area contributed by atoms with Crippen molar-refractivity contribution in [2.75, 3.05) is 20.2 Å². The summed E-state index contributed by atoms with van der Waals surface area (Å²) in [5.74, 6) is 0.906. The minimum absolute atomic E-state index is 0.332. The summed E-state index contributed by atoms with van der Waals surface area (Å²) in [6, 6.07) is 9.39. The molecule has 0 saturated heterocycles. The van der Waals surface area contributed by atoms with Crippen LogP contribution >= 0.6 is 0 Å². The fourth-order valence-electron chi connectivity index (χ4n) is 3.26. The van der Waals surface area contributed by atoms with Gasteiger partial charge in [-0.3, -0.25) is 4.90 Å². The Morgan fingerprint density at radius 1 is 1.26 bits per heavy atom. The molecule has 1 atom stereocenters. The van der Waals surface area contributed by atoms with Gasteiger partial charge in [-0.15, -0.1) is 0 Å². The molecule has 0 bridgehead atoms. The van der Waals surface area contributed by atoms with Gasteiger partial charge in [-0.25, -0.2) is 0 Å². The molecule has 1 fully saturated rings. The molecule has 3 nitrogen and oxygen atoms in total. The van der Waals surface area contributed by atoms with Crippen LogP contribution < -0.4 is 10.5 Å². The van der Waals surface area contributed by atoms with Crippen molar-refractivity contribution in [1.82, 2.24) is 4.90 Å². The second-order valence-corrected chi connectivity index (χ2v) is 5.29. The van der Waals surface area contributed by atoms with E-state index in [2.05, 4.69) is 24.0 Å². The lowest BCUT2D eigenvalue weighted by molar-refractivity contribution is 0.147. The van der Waals surface area contributed by atoms with Crippen LogP contribution in [0.25, 0.3) is 0 Å². The van der Waals surface area contributed by atoms with Crippen LogP contribution in [0, 0.1) is 0 Å². The van der Waals surface area contributed by atoms with E-state index in [1.165, 1.54) is 31.2 Å². The third kappa shape index (κ3) is 3.28. The molecule has 0 aliphatic heterocycles. The Kier molecular flexibility index (Phi) is 5.23. The van der Waals surface area contributed by atoms with Crippen molar-refractivity contribution in [3.05, 3.63) is 29.8 Å². The van der Waals surface area contributed by atoms with Crippen molar-refractivity contribution < 1.29 is 4.74 Å². The van der Waals surface area contributed by atoms with Crippen molar-refractivity contribution in [2.24, 2.45) is 5.73 Å². The standard InChI is InChI=1S/C16H26N2O/c1-3-18(14-6-4-5-7-14)16(12-17)13-8-10-15(19-2)11-9-13/h8-11,14,16H,3-7,12,17H2,1-2H3. The lowest BCUT2D eigenvalue weighted by Crippen LogP contribution is -2.40. The highest BCUT2D eigenvalue weighted by molar-refractivity contribution is 5.29. The van der Waals surface area contributed by atoms with Gasteiger partial charge in [-0.1, -0.05) is 31.9 Å². The van der Waals surface area contributed by atoms with Crippen molar-refractivity contribution in [3.63, 3.8) is 0 Å². The first-order chi connectivity index (χ1) is 9.30. The van der Waals surface area contributed by atoms with E-state index in [0.29, 0.717) is 18.6 Å². The predicted molar refractivity (Wildman–Crippen MR) is 79.4 cm³/mol. The summed E-state index contributed by atoms with van der Waals surface area (Å²) >= 11 is 0. The van der Waals surface area contributed by atoms with Crippen molar-refractivity contribution in [3.8, 4) is 5.75 Å². The average Bonchev–Trinajstić information content (AvgIpc) is 2.98. The maximum Gasteiger partial charge on any atom is 0.118 e. The largest absolute Gasteiger partial charge is 0.497 e. The van der Waals surface area contributed by atoms with E-state index in [4.69, 9.17) is 10.5 Å². The fraction of sp³-hybridized carbons (Fsp3) is 0.625. The molecule has 1 aromatic rings. The van der Waals surface area contributed by atoms with E-state index in [0.717, 1.165) is 12.3 Å². The minimum atomic E-state index is 0.332. The van der Waals surface area contributed by atoms with Gasteiger partial charge in [0.1, 0.15) is 5.75 Å². The number of methoxy groups -OCH3 is 1. The topological polar surface area (TPSA) is 38.5 Å². The molecule has 1 saturated carbocycles. The lowest BCUT2D eigenvalue weighted by Gasteiger charge is -2.35. The molecule has 3 heteroatoms. The van der Waals surface area contributed by atoms with Crippen LogP contribution in [0.3, 0.4) is 0 Å². The van der Waals surface area contributed by atoms with Crippen LogP contribution in [0.4, 0.5) is 0 Å². The summed E-state index contributed by atoms with van der Waals surface area (Å²) in [6.07, 6.45) is 5.36. The van der Waals surface area contributed by atoms with Gasteiger partial charge in [0.05, 0.1) is 7.11 Å². The molecule has 106 valence electrons. The number of rotatable bonds is 6. The van der Waals surface area contributed by atoms with Gasteiger partial charge in [0.25, 0.3) is 0 Å². The Morgan fingerprint density at radius 2 is 1.89 bits per heavy atom. The van der Waals surface area contributed by atoms with Crippen LogP contribution in [-0.2, 0) is 0 Å². The van der Waals surface area contributed by atoms with Gasteiger partial charge >= 0.3 is 0 Å². The van der Waals surface area contributed by atoms with E-state index >= 15 is 0 Å². The SMILES string of the molecule is CCN(C1CCCC1)C(CN)c1ccc(OC)cc1. The van der Waals surface area contributed by atoms with Gasteiger partial charge in [0.2, 0.25) is 0 Å². The van der Waals surface area contributed by atoms with E-state index < -0.39 is 0 Å². The highest BCUT2D eigenvalue weighted by Crippen LogP contribution is 2.31. The van der Waals surface area contributed by atoms with Gasteiger partial charge in [0.15, 0.2) is 0 Å². The van der Waals surface area contributed by atoms with Crippen molar-refractivity contribution in [1.29, 1.82) is 0 Å². The zero-order valence-corrected chi connectivity index (χ0v) is 12.1. The third-order valence-electron chi connectivity index (χ3n) is 4.28. The van der Waals surface area contributed by atoms with Crippen molar-refractivity contribution in [2.45, 2.75) is 44.7 Å². The highest BCUT2D eigenvalue weighted by Gasteiger charge is 2.27. The second kappa shape index (κ2) is 6.92. The zero-order chi connectivity index (χ0) is 13.7. The summed E-state index contributed by atoms with van der Waals surface area (Å²) in [4.78, 5) is 2.58. The van der Waals surface area contributed by atoms with Gasteiger partial charge in [0, 0.05) is 18.6 Å². The first-order valence-corrected chi connectivity index (χ1v) is 7.40. The number of hydrogen-bond acceptors (Lipinski definition) is 3. The molecular weight excluding hydrogens is 236 g/mol. The number of benzene rings is 1. The molecule has 0 aromatic heterocycles. The Morgan fingerprint density at radius 3 is 2.37 bits per heavy atom. The zero-order valence-electron chi connectivity index (χ0n) is 12.1. The monoisotopic (exact) mass is 262 g/mol.